The van der Waals surface area contributed by atoms with E-state index in [2.05, 4.69) is 5.32 Å². The second-order valence-electron chi connectivity index (χ2n) is 4.83. The lowest BCUT2D eigenvalue weighted by atomic mass is 10.1. The highest BCUT2D eigenvalue weighted by atomic mass is 35.5. The second-order valence-corrected chi connectivity index (χ2v) is 5.27. The molecule has 1 atom stereocenters. The molecule has 5 nitrogen and oxygen atoms in total. The second kappa shape index (κ2) is 7.47. The first-order valence-electron chi connectivity index (χ1n) is 6.65. The molecule has 0 saturated carbocycles. The zero-order chi connectivity index (χ0) is 14.4. The Kier molecular flexibility index (Phi) is 5.64. The Hall–Kier alpha value is -1.30. The van der Waals surface area contributed by atoms with E-state index in [4.69, 9.17) is 26.8 Å². The summed E-state index contributed by atoms with van der Waals surface area (Å²) in [5.41, 5.74) is 6.78. The molecule has 1 saturated heterocycles. The number of nitrogens with two attached hydrogens (primary N) is 1. The van der Waals surface area contributed by atoms with Crippen LogP contribution in [-0.4, -0.2) is 32.3 Å². The van der Waals surface area contributed by atoms with Crippen LogP contribution in [0.4, 0.5) is 11.4 Å². The molecule has 2 rings (SSSR count). The molecule has 0 aromatic heterocycles. The van der Waals surface area contributed by atoms with Crippen molar-refractivity contribution < 1.29 is 14.3 Å². The van der Waals surface area contributed by atoms with E-state index in [1.165, 1.54) is 0 Å². The standard InChI is InChI=1S/C14H19ClN2O3/c15-11-1-2-12(16)13(7-11)17-14(18)4-6-20-9-10-3-5-19-8-10/h1-2,7,10H,3-6,8-9,16H2,(H,17,18). The molecule has 110 valence electrons. The molecule has 1 aliphatic rings. The summed E-state index contributed by atoms with van der Waals surface area (Å²) in [5, 5.41) is 3.26. The highest BCUT2D eigenvalue weighted by Gasteiger charge is 2.15. The van der Waals surface area contributed by atoms with Crippen LogP contribution in [0, 0.1) is 5.92 Å². The van der Waals surface area contributed by atoms with Gasteiger partial charge in [0.2, 0.25) is 5.91 Å². The lowest BCUT2D eigenvalue weighted by Gasteiger charge is -2.10. The third-order valence-corrected chi connectivity index (χ3v) is 3.38. The fourth-order valence-electron chi connectivity index (χ4n) is 1.98. The lowest BCUT2D eigenvalue weighted by molar-refractivity contribution is -0.117. The number of benzene rings is 1. The van der Waals surface area contributed by atoms with Crippen LogP contribution in [0.25, 0.3) is 0 Å². The number of hydrogen-bond donors (Lipinski definition) is 2. The van der Waals surface area contributed by atoms with Crippen LogP contribution < -0.4 is 11.1 Å². The summed E-state index contributed by atoms with van der Waals surface area (Å²) in [5.74, 6) is 0.322. The molecular formula is C14H19ClN2O3. The van der Waals surface area contributed by atoms with Gasteiger partial charge < -0.3 is 20.5 Å². The maximum atomic E-state index is 11.8. The minimum atomic E-state index is -0.137. The van der Waals surface area contributed by atoms with E-state index in [0.29, 0.717) is 41.9 Å². The molecule has 1 aromatic rings. The van der Waals surface area contributed by atoms with E-state index in [1.807, 2.05) is 0 Å². The largest absolute Gasteiger partial charge is 0.397 e. The highest BCUT2D eigenvalue weighted by molar-refractivity contribution is 6.31. The number of ether oxygens (including phenoxy) is 2. The van der Waals surface area contributed by atoms with Crippen molar-refractivity contribution in [3.05, 3.63) is 23.2 Å². The number of amides is 1. The zero-order valence-electron chi connectivity index (χ0n) is 11.2. The van der Waals surface area contributed by atoms with E-state index >= 15 is 0 Å². The number of hydrogen-bond acceptors (Lipinski definition) is 4. The van der Waals surface area contributed by atoms with E-state index in [9.17, 15) is 4.79 Å². The van der Waals surface area contributed by atoms with Crippen molar-refractivity contribution in [1.82, 2.24) is 0 Å². The summed E-state index contributed by atoms with van der Waals surface area (Å²) in [6, 6.07) is 4.97. The number of rotatable bonds is 6. The molecule has 1 heterocycles. The summed E-state index contributed by atoms with van der Waals surface area (Å²) in [4.78, 5) is 11.8. The van der Waals surface area contributed by atoms with Gasteiger partial charge in [0.15, 0.2) is 0 Å². The number of carbonyl (C=O) groups is 1. The van der Waals surface area contributed by atoms with Gasteiger partial charge in [-0.3, -0.25) is 4.79 Å². The lowest BCUT2D eigenvalue weighted by Crippen LogP contribution is -2.17. The molecule has 0 bridgehead atoms. The van der Waals surface area contributed by atoms with Gasteiger partial charge in [-0.1, -0.05) is 11.6 Å². The number of nitrogen functional groups attached to an aromatic ring is 1. The molecule has 20 heavy (non-hydrogen) atoms. The summed E-state index contributed by atoms with van der Waals surface area (Å²) in [6.45, 7) is 2.60. The first kappa shape index (κ1) is 15.1. The van der Waals surface area contributed by atoms with Crippen LogP contribution in [0.2, 0.25) is 5.02 Å². The molecule has 1 fully saturated rings. The molecule has 1 aromatic carbocycles. The van der Waals surface area contributed by atoms with Crippen LogP contribution in [0.1, 0.15) is 12.8 Å². The average molecular weight is 299 g/mol. The topological polar surface area (TPSA) is 73.6 Å². The molecule has 0 radical (unpaired) electrons. The van der Waals surface area contributed by atoms with Crippen LogP contribution in [0.3, 0.4) is 0 Å². The van der Waals surface area contributed by atoms with Gasteiger partial charge in [0.05, 0.1) is 37.6 Å². The van der Waals surface area contributed by atoms with Gasteiger partial charge in [0.25, 0.3) is 0 Å². The molecular weight excluding hydrogens is 280 g/mol. The minimum absolute atomic E-state index is 0.137. The Morgan fingerprint density at radius 3 is 3.15 bits per heavy atom. The van der Waals surface area contributed by atoms with Crippen molar-refractivity contribution in [3.63, 3.8) is 0 Å². The molecule has 1 amide bonds. The van der Waals surface area contributed by atoms with Crippen LogP contribution in [0.15, 0.2) is 18.2 Å². The Bertz CT molecular complexity index is 462. The number of halogens is 1. The Morgan fingerprint density at radius 2 is 2.40 bits per heavy atom. The smallest absolute Gasteiger partial charge is 0.226 e. The van der Waals surface area contributed by atoms with E-state index in [1.54, 1.807) is 18.2 Å². The van der Waals surface area contributed by atoms with Crippen LogP contribution in [-0.2, 0) is 14.3 Å². The summed E-state index contributed by atoms with van der Waals surface area (Å²) >= 11 is 5.86. The van der Waals surface area contributed by atoms with Crippen molar-refractivity contribution in [2.75, 3.05) is 37.5 Å². The van der Waals surface area contributed by atoms with Crippen molar-refractivity contribution in [3.8, 4) is 0 Å². The fourth-order valence-corrected chi connectivity index (χ4v) is 2.15. The normalized spacial score (nSPS) is 18.1. The molecule has 1 aliphatic heterocycles. The van der Waals surface area contributed by atoms with Gasteiger partial charge in [-0.15, -0.1) is 0 Å². The average Bonchev–Trinajstić information content (AvgIpc) is 2.92. The third kappa shape index (κ3) is 4.67. The monoisotopic (exact) mass is 298 g/mol. The number of anilines is 2. The van der Waals surface area contributed by atoms with Gasteiger partial charge in [-0.05, 0) is 24.6 Å². The maximum absolute atomic E-state index is 11.8. The van der Waals surface area contributed by atoms with Gasteiger partial charge in [-0.25, -0.2) is 0 Å². The Labute approximate surface area is 123 Å². The summed E-state index contributed by atoms with van der Waals surface area (Å²) in [6.07, 6.45) is 1.32. The first-order valence-corrected chi connectivity index (χ1v) is 7.03. The van der Waals surface area contributed by atoms with Crippen molar-refractivity contribution in [2.45, 2.75) is 12.8 Å². The predicted octanol–water partition coefficient (Wildman–Crippen LogP) is 2.30. The molecule has 3 N–H and O–H groups in total. The van der Waals surface area contributed by atoms with Crippen molar-refractivity contribution >= 4 is 28.9 Å². The summed E-state index contributed by atoms with van der Waals surface area (Å²) < 4.78 is 10.7. The SMILES string of the molecule is Nc1ccc(Cl)cc1NC(=O)CCOCC1CCOC1. The Balaban J connectivity index is 1.68. The van der Waals surface area contributed by atoms with Gasteiger partial charge in [-0.2, -0.15) is 0 Å². The van der Waals surface area contributed by atoms with Crippen LogP contribution >= 0.6 is 11.6 Å². The number of carbonyl (C=O) groups excluding carboxylic acids is 1. The highest BCUT2D eigenvalue weighted by Crippen LogP contribution is 2.23. The van der Waals surface area contributed by atoms with Crippen molar-refractivity contribution in [2.24, 2.45) is 5.92 Å². The molecule has 0 aliphatic carbocycles. The van der Waals surface area contributed by atoms with Crippen molar-refractivity contribution in [1.29, 1.82) is 0 Å². The van der Waals surface area contributed by atoms with Crippen LogP contribution in [0.5, 0.6) is 0 Å². The first-order chi connectivity index (χ1) is 9.65. The minimum Gasteiger partial charge on any atom is -0.397 e. The van der Waals surface area contributed by atoms with Gasteiger partial charge in [0.1, 0.15) is 0 Å². The molecule has 1 unspecified atom stereocenters. The van der Waals surface area contributed by atoms with E-state index in [-0.39, 0.29) is 5.91 Å². The predicted molar refractivity (Wildman–Crippen MR) is 78.9 cm³/mol. The fraction of sp³-hybridized carbons (Fsp3) is 0.500. The quantitative estimate of drug-likeness (QED) is 0.624. The number of nitrogens with one attached hydrogen (secondary N) is 1. The van der Waals surface area contributed by atoms with Gasteiger partial charge >= 0.3 is 0 Å². The summed E-state index contributed by atoms with van der Waals surface area (Å²) in [7, 11) is 0. The van der Waals surface area contributed by atoms with E-state index < -0.39 is 0 Å². The molecule has 0 spiro atoms. The molecule has 6 heteroatoms. The van der Waals surface area contributed by atoms with E-state index in [0.717, 1.165) is 19.6 Å². The maximum Gasteiger partial charge on any atom is 0.226 e. The zero-order valence-corrected chi connectivity index (χ0v) is 12.0. The Morgan fingerprint density at radius 1 is 1.55 bits per heavy atom. The van der Waals surface area contributed by atoms with Gasteiger partial charge in [0, 0.05) is 17.5 Å². The third-order valence-electron chi connectivity index (χ3n) is 3.14.